The molecule has 1 fully saturated rings. The van der Waals surface area contributed by atoms with Crippen LogP contribution in [0.5, 0.6) is 0 Å². The summed E-state index contributed by atoms with van der Waals surface area (Å²) in [7, 11) is 2.09. The van der Waals surface area contributed by atoms with Gasteiger partial charge in [0, 0.05) is 44.8 Å². The van der Waals surface area contributed by atoms with Gasteiger partial charge >= 0.3 is 0 Å². The summed E-state index contributed by atoms with van der Waals surface area (Å²) in [6.07, 6.45) is 3.53. The second-order valence-electron chi connectivity index (χ2n) is 7.29. The second-order valence-corrected chi connectivity index (χ2v) is 7.29. The van der Waals surface area contributed by atoms with Crippen molar-refractivity contribution in [2.24, 2.45) is 0 Å². The number of piperazine rings is 1. The van der Waals surface area contributed by atoms with E-state index in [2.05, 4.69) is 39.1 Å². The van der Waals surface area contributed by atoms with Gasteiger partial charge in [0.25, 0.3) is 0 Å². The van der Waals surface area contributed by atoms with Gasteiger partial charge in [-0.15, -0.1) is 0 Å². The van der Waals surface area contributed by atoms with Crippen LogP contribution in [0.15, 0.2) is 42.9 Å². The SMILES string of the molecule is CC.CC(=O)N1CCN(C)C(C(C)Nc2nccc(-n3cnc4ccccc43)n2)C1. The number of amides is 1. The van der Waals surface area contributed by atoms with Gasteiger partial charge in [-0.1, -0.05) is 26.0 Å². The van der Waals surface area contributed by atoms with Gasteiger partial charge in [-0.2, -0.15) is 4.98 Å². The van der Waals surface area contributed by atoms with E-state index < -0.39 is 0 Å². The zero-order chi connectivity index (χ0) is 21.7. The number of hydrogen-bond donors (Lipinski definition) is 1. The second kappa shape index (κ2) is 9.67. The zero-order valence-electron chi connectivity index (χ0n) is 18.4. The van der Waals surface area contributed by atoms with E-state index in [0.717, 1.165) is 29.9 Å². The van der Waals surface area contributed by atoms with E-state index in [1.807, 2.05) is 53.6 Å². The Morgan fingerprint density at radius 3 is 2.70 bits per heavy atom. The molecular weight excluding hydrogens is 378 g/mol. The third-order valence-corrected chi connectivity index (χ3v) is 5.42. The van der Waals surface area contributed by atoms with Crippen LogP contribution in [0.2, 0.25) is 0 Å². The fourth-order valence-electron chi connectivity index (χ4n) is 3.72. The van der Waals surface area contributed by atoms with Crippen molar-refractivity contribution >= 4 is 22.9 Å². The van der Waals surface area contributed by atoms with Gasteiger partial charge in [0.1, 0.15) is 12.1 Å². The number of nitrogens with one attached hydrogen (secondary N) is 1. The molecule has 0 aliphatic carbocycles. The summed E-state index contributed by atoms with van der Waals surface area (Å²) >= 11 is 0. The number of likely N-dealkylation sites (N-methyl/N-ethyl adjacent to an activating group) is 1. The molecule has 30 heavy (non-hydrogen) atoms. The Balaban J connectivity index is 0.00000124. The zero-order valence-corrected chi connectivity index (χ0v) is 18.4. The molecule has 1 saturated heterocycles. The summed E-state index contributed by atoms with van der Waals surface area (Å²) in [6, 6.07) is 10.1. The lowest BCUT2D eigenvalue weighted by Crippen LogP contribution is -2.58. The minimum Gasteiger partial charge on any atom is -0.350 e. The number of imidazole rings is 1. The quantitative estimate of drug-likeness (QED) is 0.714. The molecule has 0 bridgehead atoms. The molecule has 1 aromatic carbocycles. The molecule has 8 heteroatoms. The van der Waals surface area contributed by atoms with E-state index in [-0.39, 0.29) is 18.0 Å². The number of para-hydroxylation sites is 2. The van der Waals surface area contributed by atoms with Gasteiger partial charge in [-0.05, 0) is 32.2 Å². The number of hydrogen-bond acceptors (Lipinski definition) is 6. The van der Waals surface area contributed by atoms with E-state index in [1.165, 1.54) is 0 Å². The third kappa shape index (κ3) is 4.59. The number of fused-ring (bicyclic) bond motifs is 1. The molecule has 0 saturated carbocycles. The molecule has 160 valence electrons. The number of anilines is 1. The van der Waals surface area contributed by atoms with Gasteiger partial charge in [0.05, 0.1) is 11.0 Å². The van der Waals surface area contributed by atoms with Crippen molar-refractivity contribution in [3.8, 4) is 5.82 Å². The molecule has 2 aromatic heterocycles. The monoisotopic (exact) mass is 409 g/mol. The Morgan fingerprint density at radius 2 is 1.93 bits per heavy atom. The molecular formula is C22H31N7O. The van der Waals surface area contributed by atoms with Crippen LogP contribution < -0.4 is 5.32 Å². The Morgan fingerprint density at radius 1 is 1.17 bits per heavy atom. The number of benzene rings is 1. The van der Waals surface area contributed by atoms with E-state index in [0.29, 0.717) is 12.5 Å². The molecule has 8 nitrogen and oxygen atoms in total. The fourth-order valence-corrected chi connectivity index (χ4v) is 3.72. The summed E-state index contributed by atoms with van der Waals surface area (Å²) in [4.78, 5) is 29.5. The highest BCUT2D eigenvalue weighted by molar-refractivity contribution is 5.76. The number of aromatic nitrogens is 4. The molecule has 2 unspecified atom stereocenters. The van der Waals surface area contributed by atoms with Gasteiger partial charge in [0.2, 0.25) is 11.9 Å². The average Bonchev–Trinajstić information content (AvgIpc) is 3.19. The van der Waals surface area contributed by atoms with Crippen LogP contribution in [0.1, 0.15) is 27.7 Å². The summed E-state index contributed by atoms with van der Waals surface area (Å²) in [5.74, 6) is 1.45. The van der Waals surface area contributed by atoms with Crippen LogP contribution in [-0.2, 0) is 4.79 Å². The maximum absolute atomic E-state index is 11.8. The third-order valence-electron chi connectivity index (χ3n) is 5.42. The molecule has 0 radical (unpaired) electrons. The van der Waals surface area contributed by atoms with Crippen LogP contribution in [0, 0.1) is 0 Å². The van der Waals surface area contributed by atoms with Crippen molar-refractivity contribution in [2.45, 2.75) is 39.8 Å². The molecule has 0 spiro atoms. The topological polar surface area (TPSA) is 79.2 Å². The van der Waals surface area contributed by atoms with Gasteiger partial charge in [-0.3, -0.25) is 14.3 Å². The van der Waals surface area contributed by atoms with E-state index in [9.17, 15) is 4.79 Å². The number of carbonyl (C=O) groups excluding carboxylic acids is 1. The molecule has 4 rings (SSSR count). The summed E-state index contributed by atoms with van der Waals surface area (Å²) in [5.41, 5.74) is 1.93. The van der Waals surface area contributed by atoms with Crippen molar-refractivity contribution in [2.75, 3.05) is 32.0 Å². The first kappa shape index (κ1) is 21.7. The maximum atomic E-state index is 11.8. The van der Waals surface area contributed by atoms with Crippen LogP contribution in [0.25, 0.3) is 16.9 Å². The first-order valence-corrected chi connectivity index (χ1v) is 10.5. The highest BCUT2D eigenvalue weighted by atomic mass is 16.2. The average molecular weight is 410 g/mol. The summed E-state index contributed by atoms with van der Waals surface area (Å²) < 4.78 is 1.96. The predicted octanol–water partition coefficient (Wildman–Crippen LogP) is 2.80. The Bertz CT molecular complexity index is 986. The molecule has 3 heterocycles. The van der Waals surface area contributed by atoms with E-state index in [1.54, 1.807) is 19.4 Å². The van der Waals surface area contributed by atoms with E-state index in [4.69, 9.17) is 0 Å². The number of rotatable bonds is 4. The lowest BCUT2D eigenvalue weighted by Gasteiger charge is -2.42. The lowest BCUT2D eigenvalue weighted by atomic mass is 10.1. The fraction of sp³-hybridized carbons (Fsp3) is 0.455. The minimum atomic E-state index is 0.0851. The Labute approximate surface area is 177 Å². The molecule has 1 N–H and O–H groups in total. The Kier molecular flexibility index (Phi) is 6.99. The summed E-state index contributed by atoms with van der Waals surface area (Å²) in [5, 5.41) is 3.42. The standard InChI is InChI=1S/C20H25N7O.C2H6/c1-14(18-12-26(15(2)28)11-10-25(18)3)23-20-21-9-8-19(24-20)27-13-22-16-6-4-5-7-17(16)27;1-2/h4-9,13-14,18H,10-12H2,1-3H3,(H,21,23,24);1-2H3. The Hall–Kier alpha value is -3.00. The van der Waals surface area contributed by atoms with Crippen molar-refractivity contribution in [3.63, 3.8) is 0 Å². The normalized spacial score (nSPS) is 17.9. The van der Waals surface area contributed by atoms with E-state index >= 15 is 0 Å². The maximum Gasteiger partial charge on any atom is 0.224 e. The van der Waals surface area contributed by atoms with Gasteiger partial charge < -0.3 is 10.2 Å². The molecule has 3 aromatic rings. The molecule has 1 aliphatic heterocycles. The molecule has 2 atom stereocenters. The highest BCUT2D eigenvalue weighted by Gasteiger charge is 2.30. The summed E-state index contributed by atoms with van der Waals surface area (Å²) in [6.45, 7) is 10.1. The highest BCUT2D eigenvalue weighted by Crippen LogP contribution is 2.18. The van der Waals surface area contributed by atoms with Crippen molar-refractivity contribution < 1.29 is 4.79 Å². The number of nitrogens with zero attached hydrogens (tertiary/aromatic N) is 6. The van der Waals surface area contributed by atoms with Crippen LogP contribution in [-0.4, -0.2) is 74.0 Å². The van der Waals surface area contributed by atoms with Crippen LogP contribution >= 0.6 is 0 Å². The lowest BCUT2D eigenvalue weighted by molar-refractivity contribution is -0.131. The van der Waals surface area contributed by atoms with Crippen molar-refractivity contribution in [1.29, 1.82) is 0 Å². The molecule has 1 aliphatic rings. The van der Waals surface area contributed by atoms with Crippen LogP contribution in [0.4, 0.5) is 5.95 Å². The largest absolute Gasteiger partial charge is 0.350 e. The van der Waals surface area contributed by atoms with Crippen molar-refractivity contribution in [1.82, 2.24) is 29.3 Å². The smallest absolute Gasteiger partial charge is 0.224 e. The first-order chi connectivity index (χ1) is 14.5. The minimum absolute atomic E-state index is 0.0851. The first-order valence-electron chi connectivity index (χ1n) is 10.5. The van der Waals surface area contributed by atoms with Gasteiger partial charge in [-0.25, -0.2) is 9.97 Å². The number of carbonyl (C=O) groups is 1. The van der Waals surface area contributed by atoms with Crippen molar-refractivity contribution in [3.05, 3.63) is 42.9 Å². The predicted molar refractivity (Wildman–Crippen MR) is 120 cm³/mol. The van der Waals surface area contributed by atoms with Gasteiger partial charge in [0.15, 0.2) is 0 Å². The molecule has 1 amide bonds. The van der Waals surface area contributed by atoms with Crippen LogP contribution in [0.3, 0.4) is 0 Å².